The fourth-order valence-corrected chi connectivity index (χ4v) is 4.15. The lowest BCUT2D eigenvalue weighted by Crippen LogP contribution is -2.42. The van der Waals surface area contributed by atoms with Crippen LogP contribution in [0.25, 0.3) is 0 Å². The molecule has 1 fully saturated rings. The summed E-state index contributed by atoms with van der Waals surface area (Å²) in [4.78, 5) is 28.6. The molecule has 0 spiro atoms. The fraction of sp³-hybridized carbons (Fsp3) is 0.412. The number of carbonyl (C=O) groups excluding carboxylic acids is 2. The molecule has 1 aromatic carbocycles. The third-order valence-electron chi connectivity index (χ3n) is 4.50. The highest BCUT2D eigenvalue weighted by molar-refractivity contribution is 6.52. The first-order valence-electron chi connectivity index (χ1n) is 7.95. The van der Waals surface area contributed by atoms with Crippen molar-refractivity contribution in [2.45, 2.75) is 38.6 Å². The zero-order chi connectivity index (χ0) is 17.4. The number of rotatable bonds is 3. The van der Waals surface area contributed by atoms with Crippen molar-refractivity contribution in [3.63, 3.8) is 0 Å². The second-order valence-corrected chi connectivity index (χ2v) is 7.24. The Morgan fingerprint density at radius 3 is 2.33 bits per heavy atom. The molecule has 1 saturated heterocycles. The van der Waals surface area contributed by atoms with E-state index >= 15 is 0 Å². The molecule has 0 saturated carbocycles. The minimum Gasteiger partial charge on any atom is -0.363 e. The zero-order valence-electron chi connectivity index (χ0n) is 13.2. The maximum atomic E-state index is 12.9. The van der Waals surface area contributed by atoms with Crippen molar-refractivity contribution in [1.82, 2.24) is 4.90 Å². The van der Waals surface area contributed by atoms with Crippen LogP contribution in [0.1, 0.15) is 32.6 Å². The Kier molecular flexibility index (Phi) is 5.09. The van der Waals surface area contributed by atoms with E-state index in [2.05, 4.69) is 6.92 Å². The van der Waals surface area contributed by atoms with E-state index in [1.807, 2.05) is 4.90 Å². The number of piperidine rings is 1. The lowest BCUT2D eigenvalue weighted by Gasteiger charge is -2.37. The van der Waals surface area contributed by atoms with Crippen LogP contribution in [0.15, 0.2) is 28.9 Å². The molecule has 0 bridgehead atoms. The molecule has 2 heterocycles. The minimum atomic E-state index is -0.532. The number of halogens is 3. The van der Waals surface area contributed by atoms with Crippen LogP contribution in [0.4, 0.5) is 5.69 Å². The molecule has 24 heavy (non-hydrogen) atoms. The van der Waals surface area contributed by atoms with E-state index in [4.69, 9.17) is 34.8 Å². The number of nitrogens with zero attached hydrogens (tertiary/aromatic N) is 2. The van der Waals surface area contributed by atoms with Gasteiger partial charge >= 0.3 is 0 Å². The van der Waals surface area contributed by atoms with E-state index in [-0.39, 0.29) is 11.1 Å². The summed E-state index contributed by atoms with van der Waals surface area (Å²) in [7, 11) is 0. The number of benzene rings is 1. The molecule has 0 N–H and O–H groups in total. The SMILES string of the molecule is CCC1CCCCN1C1=C(Cl)C(=O)N(c2cc(Cl)cc(Cl)c2)C1=O. The van der Waals surface area contributed by atoms with Gasteiger partial charge in [-0.25, -0.2) is 4.90 Å². The average Bonchev–Trinajstić information content (AvgIpc) is 2.76. The first-order chi connectivity index (χ1) is 11.4. The van der Waals surface area contributed by atoms with E-state index in [9.17, 15) is 9.59 Å². The molecule has 128 valence electrons. The van der Waals surface area contributed by atoms with Crippen molar-refractivity contribution in [3.8, 4) is 0 Å². The van der Waals surface area contributed by atoms with E-state index in [0.29, 0.717) is 21.4 Å². The molecule has 2 aliphatic rings. The maximum Gasteiger partial charge on any atom is 0.283 e. The number of imide groups is 1. The summed E-state index contributed by atoms with van der Waals surface area (Å²) >= 11 is 18.3. The highest BCUT2D eigenvalue weighted by Crippen LogP contribution is 2.36. The number of likely N-dealkylation sites (tertiary alicyclic amines) is 1. The molecule has 2 aliphatic heterocycles. The second kappa shape index (κ2) is 6.95. The fourth-order valence-electron chi connectivity index (χ4n) is 3.36. The molecule has 4 nitrogen and oxygen atoms in total. The molecule has 7 heteroatoms. The minimum absolute atomic E-state index is 0.0311. The van der Waals surface area contributed by atoms with Crippen molar-refractivity contribution in [1.29, 1.82) is 0 Å². The van der Waals surface area contributed by atoms with Crippen molar-refractivity contribution < 1.29 is 9.59 Å². The van der Waals surface area contributed by atoms with Crippen LogP contribution in [0.5, 0.6) is 0 Å². The number of hydrogen-bond acceptors (Lipinski definition) is 3. The van der Waals surface area contributed by atoms with E-state index in [1.165, 1.54) is 12.1 Å². The molecule has 1 aromatic rings. The Morgan fingerprint density at radius 1 is 1.04 bits per heavy atom. The summed E-state index contributed by atoms with van der Waals surface area (Å²) in [6.45, 7) is 2.81. The number of carbonyl (C=O) groups is 2. The lowest BCUT2D eigenvalue weighted by atomic mass is 9.99. The van der Waals surface area contributed by atoms with Gasteiger partial charge in [0.25, 0.3) is 11.8 Å². The number of anilines is 1. The predicted molar refractivity (Wildman–Crippen MR) is 96.5 cm³/mol. The summed E-state index contributed by atoms with van der Waals surface area (Å²) in [5.41, 5.74) is 0.630. The summed E-state index contributed by atoms with van der Waals surface area (Å²) < 4.78 is 0. The van der Waals surface area contributed by atoms with Gasteiger partial charge in [-0.15, -0.1) is 0 Å². The third kappa shape index (κ3) is 3.03. The molecule has 0 radical (unpaired) electrons. The molecular formula is C17H17Cl3N2O2. The summed E-state index contributed by atoms with van der Waals surface area (Å²) in [5, 5.41) is 0.676. The first kappa shape index (κ1) is 17.6. The van der Waals surface area contributed by atoms with Gasteiger partial charge in [-0.05, 0) is 43.9 Å². The van der Waals surface area contributed by atoms with Gasteiger partial charge in [-0.3, -0.25) is 9.59 Å². The smallest absolute Gasteiger partial charge is 0.283 e. The summed E-state index contributed by atoms with van der Waals surface area (Å²) in [5.74, 6) is -0.945. The largest absolute Gasteiger partial charge is 0.363 e. The van der Waals surface area contributed by atoms with Gasteiger partial charge in [-0.2, -0.15) is 0 Å². The highest BCUT2D eigenvalue weighted by atomic mass is 35.5. The van der Waals surface area contributed by atoms with E-state index in [0.717, 1.165) is 37.1 Å². The van der Waals surface area contributed by atoms with Crippen molar-refractivity contribution in [2.75, 3.05) is 11.4 Å². The van der Waals surface area contributed by atoms with Gasteiger partial charge in [0.15, 0.2) is 0 Å². The molecule has 2 amide bonds. The Morgan fingerprint density at radius 2 is 1.71 bits per heavy atom. The Hall–Kier alpha value is -1.23. The van der Waals surface area contributed by atoms with Gasteiger partial charge < -0.3 is 4.90 Å². The van der Waals surface area contributed by atoms with Crippen LogP contribution < -0.4 is 4.90 Å². The van der Waals surface area contributed by atoms with Crippen LogP contribution >= 0.6 is 34.8 Å². The molecule has 1 atom stereocenters. The van der Waals surface area contributed by atoms with Crippen LogP contribution in [0, 0.1) is 0 Å². The third-order valence-corrected chi connectivity index (χ3v) is 5.27. The van der Waals surface area contributed by atoms with E-state index in [1.54, 1.807) is 6.07 Å². The standard InChI is InChI=1S/C17H17Cl3N2O2/c1-2-12-5-3-4-6-21(12)15-14(20)16(23)22(17(15)24)13-8-10(18)7-11(19)9-13/h7-9,12H,2-6H2,1H3. The number of hydrogen-bond donors (Lipinski definition) is 0. The molecule has 3 rings (SSSR count). The van der Waals surface area contributed by atoms with Gasteiger partial charge in [0.2, 0.25) is 0 Å². The normalized spacial score (nSPS) is 21.9. The zero-order valence-corrected chi connectivity index (χ0v) is 15.5. The Labute approximate surface area is 155 Å². The van der Waals surface area contributed by atoms with Gasteiger partial charge in [0.1, 0.15) is 10.7 Å². The van der Waals surface area contributed by atoms with Crippen LogP contribution in [-0.4, -0.2) is 29.3 Å². The second-order valence-electron chi connectivity index (χ2n) is 5.99. The van der Waals surface area contributed by atoms with Crippen LogP contribution in [0.2, 0.25) is 10.0 Å². The predicted octanol–water partition coefficient (Wildman–Crippen LogP) is 4.58. The van der Waals surface area contributed by atoms with Crippen molar-refractivity contribution in [2.24, 2.45) is 0 Å². The van der Waals surface area contributed by atoms with E-state index < -0.39 is 11.8 Å². The Balaban J connectivity index is 1.98. The quantitative estimate of drug-likeness (QED) is 0.713. The van der Waals surface area contributed by atoms with Crippen LogP contribution in [0.3, 0.4) is 0 Å². The van der Waals surface area contributed by atoms with Crippen molar-refractivity contribution >= 4 is 52.3 Å². The molecule has 0 aliphatic carbocycles. The van der Waals surface area contributed by atoms with Gasteiger partial charge in [0, 0.05) is 22.6 Å². The summed E-state index contributed by atoms with van der Waals surface area (Å²) in [6.07, 6.45) is 4.00. The monoisotopic (exact) mass is 386 g/mol. The Bertz CT molecular complexity index is 712. The van der Waals surface area contributed by atoms with Gasteiger partial charge in [-0.1, -0.05) is 41.7 Å². The van der Waals surface area contributed by atoms with Crippen molar-refractivity contribution in [3.05, 3.63) is 39.0 Å². The maximum absolute atomic E-state index is 12.9. The highest BCUT2D eigenvalue weighted by Gasteiger charge is 2.43. The first-order valence-corrected chi connectivity index (χ1v) is 9.08. The topological polar surface area (TPSA) is 40.6 Å². The van der Waals surface area contributed by atoms with Gasteiger partial charge in [0.05, 0.1) is 5.69 Å². The molecular weight excluding hydrogens is 371 g/mol. The molecule has 0 aromatic heterocycles. The van der Waals surface area contributed by atoms with Crippen LogP contribution in [-0.2, 0) is 9.59 Å². The number of amides is 2. The lowest BCUT2D eigenvalue weighted by molar-refractivity contribution is -0.121. The average molecular weight is 388 g/mol. The molecule has 1 unspecified atom stereocenters. The summed E-state index contributed by atoms with van der Waals surface area (Å²) in [6, 6.07) is 4.83.